The van der Waals surface area contributed by atoms with Crippen molar-refractivity contribution in [3.05, 3.63) is 35.7 Å². The highest BCUT2D eigenvalue weighted by Gasteiger charge is 2.32. The Morgan fingerprint density at radius 3 is 2.69 bits per heavy atom. The highest BCUT2D eigenvalue weighted by Crippen LogP contribution is 2.30. The molecule has 2 fully saturated rings. The molecule has 0 aliphatic carbocycles. The average molecular weight is 495 g/mol. The van der Waals surface area contributed by atoms with Gasteiger partial charge in [0, 0.05) is 43.2 Å². The van der Waals surface area contributed by atoms with Gasteiger partial charge in [0.1, 0.15) is 11.9 Å². The van der Waals surface area contributed by atoms with Gasteiger partial charge in [-0.3, -0.25) is 4.90 Å². The van der Waals surface area contributed by atoms with E-state index in [-0.39, 0.29) is 11.9 Å². The van der Waals surface area contributed by atoms with Crippen LogP contribution in [0.15, 0.2) is 24.3 Å². The largest absolute Gasteiger partial charge is 0.442 e. The molecule has 0 aromatic heterocycles. The molecule has 2 saturated heterocycles. The van der Waals surface area contributed by atoms with Gasteiger partial charge in [0.2, 0.25) is 0 Å². The first-order valence-electron chi connectivity index (χ1n) is 10.8. The second kappa shape index (κ2) is 10.4. The lowest BCUT2D eigenvalue weighted by atomic mass is 9.98. The van der Waals surface area contributed by atoms with Crippen LogP contribution in [0.3, 0.4) is 0 Å². The Balaban J connectivity index is 1.39. The number of hydrogen-bond acceptors (Lipinski definition) is 5. The van der Waals surface area contributed by atoms with E-state index in [4.69, 9.17) is 29.2 Å². The minimum atomic E-state index is -0.469. The molecule has 0 radical (unpaired) electrons. The van der Waals surface area contributed by atoms with Gasteiger partial charge in [-0.2, -0.15) is 11.8 Å². The second-order valence-electron chi connectivity index (χ2n) is 8.02. The van der Waals surface area contributed by atoms with Gasteiger partial charge in [-0.25, -0.2) is 9.18 Å². The molecular weight excluding hydrogens is 467 g/mol. The lowest BCUT2D eigenvalue weighted by molar-refractivity contribution is 0.143. The molecule has 1 aromatic rings. The van der Waals surface area contributed by atoms with Crippen LogP contribution in [0.4, 0.5) is 14.9 Å². The summed E-state index contributed by atoms with van der Waals surface area (Å²) in [6, 6.07) is 4.95. The first kappa shape index (κ1) is 23.3. The Morgan fingerprint density at radius 2 is 2.03 bits per heavy atom. The summed E-state index contributed by atoms with van der Waals surface area (Å²) in [7, 11) is 0. The predicted molar refractivity (Wildman–Crippen MR) is 136 cm³/mol. The van der Waals surface area contributed by atoms with Crippen molar-refractivity contribution in [1.29, 1.82) is 0 Å². The molecule has 0 spiro atoms. The number of rotatable bonds is 4. The molecule has 32 heavy (non-hydrogen) atoms. The van der Waals surface area contributed by atoms with Crippen molar-refractivity contribution < 1.29 is 13.9 Å². The van der Waals surface area contributed by atoms with E-state index in [1.807, 2.05) is 11.8 Å². The standard InChI is InChI=1S/C22H27FN4O2S3/c1-15(30)24-13-18-14-27(22(28)29-18)17-2-3-19(20(23)12-17)16-4-6-25(7-5-16)21(31)26-8-10-32-11-9-26/h2-4,12,18H,5-11,13-14H2,1H3,(H,24,30)/t18-/m0/s1. The fourth-order valence-corrected chi connectivity index (χ4v) is 5.41. The van der Waals surface area contributed by atoms with Crippen LogP contribution in [0.25, 0.3) is 5.57 Å². The van der Waals surface area contributed by atoms with Crippen molar-refractivity contribution in [1.82, 2.24) is 15.1 Å². The van der Waals surface area contributed by atoms with E-state index in [9.17, 15) is 4.79 Å². The molecule has 1 amide bonds. The minimum Gasteiger partial charge on any atom is -0.442 e. The fraction of sp³-hybridized carbons (Fsp3) is 0.500. The summed E-state index contributed by atoms with van der Waals surface area (Å²) in [6.07, 6.45) is 2.00. The number of hydrogen-bond donors (Lipinski definition) is 1. The van der Waals surface area contributed by atoms with Gasteiger partial charge >= 0.3 is 6.09 Å². The van der Waals surface area contributed by atoms with Crippen molar-refractivity contribution in [2.45, 2.75) is 19.4 Å². The summed E-state index contributed by atoms with van der Waals surface area (Å²) in [5.74, 6) is 1.89. The van der Waals surface area contributed by atoms with Gasteiger partial charge in [0.15, 0.2) is 5.11 Å². The average Bonchev–Trinajstić information content (AvgIpc) is 3.18. The number of halogens is 1. The lowest BCUT2D eigenvalue weighted by Crippen LogP contribution is -2.47. The molecule has 0 bridgehead atoms. The van der Waals surface area contributed by atoms with Gasteiger partial charge in [-0.15, -0.1) is 0 Å². The quantitative estimate of drug-likeness (QED) is 0.639. The SMILES string of the molecule is CC(=S)NC[C@H]1CN(c2ccc(C3=CCN(C(=S)N4CCSCC4)CC3)c(F)c2)C(=O)O1. The summed E-state index contributed by atoms with van der Waals surface area (Å²) in [4.78, 5) is 18.8. The lowest BCUT2D eigenvalue weighted by Gasteiger charge is -2.37. The van der Waals surface area contributed by atoms with Crippen molar-refractivity contribution in [2.24, 2.45) is 0 Å². The predicted octanol–water partition coefficient (Wildman–Crippen LogP) is 3.51. The van der Waals surface area contributed by atoms with Gasteiger partial charge in [0.25, 0.3) is 0 Å². The maximum absolute atomic E-state index is 15.0. The van der Waals surface area contributed by atoms with E-state index in [0.717, 1.165) is 48.2 Å². The van der Waals surface area contributed by atoms with E-state index in [2.05, 4.69) is 21.2 Å². The van der Waals surface area contributed by atoms with Crippen LogP contribution in [-0.4, -0.2) is 82.9 Å². The Bertz CT molecular complexity index is 936. The van der Waals surface area contributed by atoms with Crippen LogP contribution in [0.1, 0.15) is 18.9 Å². The highest BCUT2D eigenvalue weighted by molar-refractivity contribution is 7.99. The Morgan fingerprint density at radius 1 is 1.25 bits per heavy atom. The first-order chi connectivity index (χ1) is 15.4. The molecule has 3 heterocycles. The van der Waals surface area contributed by atoms with Crippen molar-refractivity contribution in [3.8, 4) is 0 Å². The third kappa shape index (κ3) is 5.35. The molecular formula is C22H27FN4O2S3. The fourth-order valence-electron chi connectivity index (χ4n) is 4.07. The number of carbonyl (C=O) groups excluding carboxylic acids is 1. The zero-order valence-corrected chi connectivity index (χ0v) is 20.5. The van der Waals surface area contributed by atoms with E-state index >= 15 is 4.39 Å². The molecule has 1 atom stereocenters. The van der Waals surface area contributed by atoms with Gasteiger partial charge in [0.05, 0.1) is 23.8 Å². The molecule has 6 nitrogen and oxygen atoms in total. The summed E-state index contributed by atoms with van der Waals surface area (Å²) < 4.78 is 20.4. The van der Waals surface area contributed by atoms with Gasteiger partial charge in [-0.05, 0) is 49.3 Å². The number of nitrogens with zero attached hydrogens (tertiary/aromatic N) is 3. The number of benzene rings is 1. The summed E-state index contributed by atoms with van der Waals surface area (Å²) in [5, 5.41) is 3.90. The van der Waals surface area contributed by atoms with Crippen LogP contribution in [0.5, 0.6) is 0 Å². The van der Waals surface area contributed by atoms with E-state index in [1.165, 1.54) is 11.0 Å². The molecule has 0 unspecified atom stereocenters. The van der Waals surface area contributed by atoms with Crippen molar-refractivity contribution >= 4 is 63.7 Å². The third-order valence-electron chi connectivity index (χ3n) is 5.82. The molecule has 4 rings (SSSR count). The molecule has 1 N–H and O–H groups in total. The number of carbonyl (C=O) groups is 1. The number of nitrogens with one attached hydrogen (secondary N) is 1. The van der Waals surface area contributed by atoms with Gasteiger partial charge in [-0.1, -0.05) is 18.3 Å². The normalized spacial score (nSPS) is 21.3. The molecule has 172 valence electrons. The Labute approximate surface area is 203 Å². The zero-order valence-electron chi connectivity index (χ0n) is 18.0. The van der Waals surface area contributed by atoms with Crippen LogP contribution >= 0.6 is 36.2 Å². The highest BCUT2D eigenvalue weighted by atomic mass is 32.2. The molecule has 3 aliphatic rings. The smallest absolute Gasteiger partial charge is 0.414 e. The number of ether oxygens (including phenoxy) is 1. The van der Waals surface area contributed by atoms with Crippen LogP contribution in [0.2, 0.25) is 0 Å². The molecule has 1 aromatic carbocycles. The van der Waals surface area contributed by atoms with Crippen LogP contribution in [-0.2, 0) is 4.74 Å². The van der Waals surface area contributed by atoms with Crippen molar-refractivity contribution in [3.63, 3.8) is 0 Å². The zero-order chi connectivity index (χ0) is 22.7. The molecule has 10 heteroatoms. The van der Waals surface area contributed by atoms with Gasteiger partial charge < -0.3 is 19.9 Å². The van der Waals surface area contributed by atoms with E-state index < -0.39 is 6.09 Å². The number of anilines is 1. The monoisotopic (exact) mass is 494 g/mol. The number of thioether (sulfide) groups is 1. The molecule has 0 saturated carbocycles. The number of amides is 1. The maximum Gasteiger partial charge on any atom is 0.414 e. The van der Waals surface area contributed by atoms with E-state index in [0.29, 0.717) is 35.9 Å². The summed E-state index contributed by atoms with van der Waals surface area (Å²) >= 11 is 12.6. The third-order valence-corrected chi connectivity index (χ3v) is 7.43. The van der Waals surface area contributed by atoms with E-state index in [1.54, 1.807) is 19.1 Å². The summed E-state index contributed by atoms with van der Waals surface area (Å²) in [5.41, 5.74) is 2.06. The topological polar surface area (TPSA) is 48.0 Å². The van der Waals surface area contributed by atoms with Crippen molar-refractivity contribution in [2.75, 3.05) is 55.7 Å². The Kier molecular flexibility index (Phi) is 7.52. The number of cyclic esters (lactones) is 1. The van der Waals surface area contributed by atoms with Crippen LogP contribution in [0, 0.1) is 5.82 Å². The Hall–Kier alpha value is -1.91. The van der Waals surface area contributed by atoms with Crippen LogP contribution < -0.4 is 10.2 Å². The number of thiocarbonyl (C=S) groups is 2. The first-order valence-corrected chi connectivity index (χ1v) is 12.7. The second-order valence-corrected chi connectivity index (χ2v) is 10.2. The molecule has 3 aliphatic heterocycles. The summed E-state index contributed by atoms with van der Waals surface area (Å²) in [6.45, 7) is 6.03. The minimum absolute atomic E-state index is 0.322. The maximum atomic E-state index is 15.0.